The number of nitrogens with one attached hydrogen (secondary N) is 1. The number of amides is 1. The van der Waals surface area contributed by atoms with E-state index < -0.39 is 20.0 Å². The number of carbonyl (C=O) groups excluding carboxylic acids is 2. The number of ether oxygens (including phenoxy) is 1. The zero-order chi connectivity index (χ0) is 57.9. The van der Waals surface area contributed by atoms with Gasteiger partial charge in [0.15, 0.2) is 0 Å². The summed E-state index contributed by atoms with van der Waals surface area (Å²) in [6, 6.07) is -0.892. The maximum Gasteiger partial charge on any atom is 0.306 e. The predicted molar refractivity (Wildman–Crippen MR) is 339 cm³/mol. The number of hydrogen-bond acceptors (Lipinski definition) is 7. The highest BCUT2D eigenvalue weighted by Crippen LogP contribution is 2.38. The van der Waals surface area contributed by atoms with Gasteiger partial charge in [-0.25, -0.2) is 0 Å². The van der Waals surface area contributed by atoms with E-state index >= 15 is 0 Å². The van der Waals surface area contributed by atoms with E-state index in [0.29, 0.717) is 17.4 Å². The fourth-order valence-electron chi connectivity index (χ4n) is 9.96. The second-order valence-corrected chi connectivity index (χ2v) is 25.7. The molecule has 0 heterocycles. The largest absolute Gasteiger partial charge is 0.756 e. The van der Waals surface area contributed by atoms with Crippen molar-refractivity contribution in [2.45, 2.75) is 341 Å². The first-order chi connectivity index (χ1) is 38.4. The van der Waals surface area contributed by atoms with E-state index in [1.54, 1.807) is 0 Å². The molecule has 0 spiro atoms. The number of phosphoric acid groups is 1. The normalized spacial score (nSPS) is 13.9. The number of hydrogen-bond donors (Lipinski definition) is 1. The van der Waals surface area contributed by atoms with Gasteiger partial charge in [-0.05, 0) is 89.5 Å². The van der Waals surface area contributed by atoms with Gasteiger partial charge in [0.2, 0.25) is 5.91 Å². The highest BCUT2D eigenvalue weighted by molar-refractivity contribution is 7.45. The molecule has 79 heavy (non-hydrogen) atoms. The summed E-state index contributed by atoms with van der Waals surface area (Å²) in [7, 11) is 1.19. The van der Waals surface area contributed by atoms with Gasteiger partial charge in [0.05, 0.1) is 33.8 Å². The van der Waals surface area contributed by atoms with Gasteiger partial charge in [-0.2, -0.15) is 0 Å². The second kappa shape index (κ2) is 59.1. The molecule has 0 aliphatic rings. The number of nitrogens with zero attached hydrogens (tertiary/aromatic N) is 1. The van der Waals surface area contributed by atoms with Crippen LogP contribution in [0.1, 0.15) is 329 Å². The van der Waals surface area contributed by atoms with Crippen LogP contribution < -0.4 is 10.2 Å². The van der Waals surface area contributed by atoms with E-state index in [9.17, 15) is 19.0 Å². The van der Waals surface area contributed by atoms with Gasteiger partial charge >= 0.3 is 5.97 Å². The number of carbonyl (C=O) groups is 2. The number of quaternary nitrogens is 1. The Balaban J connectivity index is 5.15. The highest BCUT2D eigenvalue weighted by atomic mass is 31.2. The van der Waals surface area contributed by atoms with Crippen LogP contribution in [0.15, 0.2) is 48.6 Å². The maximum absolute atomic E-state index is 13.6. The average molecular weight is 1130 g/mol. The van der Waals surface area contributed by atoms with Crippen LogP contribution in [0.5, 0.6) is 0 Å². The summed E-state index contributed by atoms with van der Waals surface area (Å²) in [4.78, 5) is 40.1. The van der Waals surface area contributed by atoms with Crippen molar-refractivity contribution >= 4 is 19.7 Å². The number of phosphoric ester groups is 1. The van der Waals surface area contributed by atoms with Crippen LogP contribution in [0.3, 0.4) is 0 Å². The van der Waals surface area contributed by atoms with Crippen LogP contribution >= 0.6 is 7.82 Å². The Morgan fingerprint density at radius 3 is 1.18 bits per heavy atom. The number of unbranched alkanes of at least 4 members (excludes halogenated alkanes) is 40. The molecule has 3 unspecified atom stereocenters. The summed E-state index contributed by atoms with van der Waals surface area (Å²) >= 11 is 0. The van der Waals surface area contributed by atoms with Crippen molar-refractivity contribution in [2.24, 2.45) is 0 Å². The first-order valence-electron chi connectivity index (χ1n) is 33.9. The van der Waals surface area contributed by atoms with Crippen molar-refractivity contribution in [1.82, 2.24) is 5.32 Å². The standard InChI is InChI=1S/C69H131N2O7P/c1-7-10-13-16-19-22-25-28-30-32-33-34-35-36-37-39-41-44-47-50-53-56-59-62-69(73)78-67(60-57-54-51-48-45-42-27-24-21-18-15-12-9-3)66(65-77-79(74,75)76-64-63-71(4,5)6)70-68(72)61-58-55-52-49-46-43-40-38-31-29-26-23-20-17-14-11-8-2/h20,23,28-31,57,60,66-67H,7-19,21-22,24-27,32-56,58-59,61-65H2,1-6H3,(H-,70,72,74,75)/b23-20-,30-28+,31-29-,60-57-. The van der Waals surface area contributed by atoms with Gasteiger partial charge in [0, 0.05) is 12.8 Å². The van der Waals surface area contributed by atoms with Crippen LogP contribution in [0.2, 0.25) is 0 Å². The van der Waals surface area contributed by atoms with E-state index in [1.807, 2.05) is 33.3 Å². The molecule has 0 fully saturated rings. The van der Waals surface area contributed by atoms with Gasteiger partial charge in [-0.15, -0.1) is 0 Å². The van der Waals surface area contributed by atoms with Crippen LogP contribution in [0.4, 0.5) is 0 Å². The number of esters is 1. The third kappa shape index (κ3) is 60.4. The lowest BCUT2D eigenvalue weighted by Crippen LogP contribution is -2.47. The van der Waals surface area contributed by atoms with Gasteiger partial charge in [-0.1, -0.05) is 275 Å². The molecule has 0 rings (SSSR count). The monoisotopic (exact) mass is 1130 g/mol. The highest BCUT2D eigenvalue weighted by Gasteiger charge is 2.27. The summed E-state index contributed by atoms with van der Waals surface area (Å²) in [6.45, 7) is 6.85. The lowest BCUT2D eigenvalue weighted by molar-refractivity contribution is -0.870. The SMILES string of the molecule is CCCCC/C=C\C/C=C\CCCCCCCCCC(=O)NC(COP(=O)([O-])OCC[N+](C)(C)C)C(/C=C\CCCCCCCCCCCCC)OC(=O)CCCCCCCCCCCCCCC/C=C/CCCCCCCC. The van der Waals surface area contributed by atoms with E-state index in [-0.39, 0.29) is 31.5 Å². The van der Waals surface area contributed by atoms with Crippen molar-refractivity contribution in [2.75, 3.05) is 40.9 Å². The molecule has 0 bridgehead atoms. The third-order valence-electron chi connectivity index (χ3n) is 15.2. The summed E-state index contributed by atoms with van der Waals surface area (Å²) in [5, 5.41) is 3.04. The molecule has 0 aromatic rings. The molecular formula is C69H131N2O7P. The average Bonchev–Trinajstić information content (AvgIpc) is 3.41. The molecule has 1 N–H and O–H groups in total. The van der Waals surface area contributed by atoms with Gasteiger partial charge < -0.3 is 28.5 Å². The zero-order valence-corrected chi connectivity index (χ0v) is 54.0. The van der Waals surface area contributed by atoms with Gasteiger partial charge in [-0.3, -0.25) is 14.2 Å². The fraction of sp³-hybridized carbons (Fsp3) is 0.855. The predicted octanol–water partition coefficient (Wildman–Crippen LogP) is 20.6. The molecule has 0 radical (unpaired) electrons. The van der Waals surface area contributed by atoms with Crippen LogP contribution in [-0.4, -0.2) is 69.4 Å². The molecule has 3 atom stereocenters. The van der Waals surface area contributed by atoms with Crippen molar-refractivity contribution in [3.8, 4) is 0 Å². The molecule has 1 amide bonds. The van der Waals surface area contributed by atoms with E-state index in [1.165, 1.54) is 218 Å². The lowest BCUT2D eigenvalue weighted by Gasteiger charge is -2.30. The maximum atomic E-state index is 13.6. The number of rotatable bonds is 62. The Morgan fingerprint density at radius 2 is 0.772 bits per heavy atom. The van der Waals surface area contributed by atoms with Crippen molar-refractivity contribution in [1.29, 1.82) is 0 Å². The number of likely N-dealkylation sites (N-methyl/N-ethyl adjacent to an activating group) is 1. The minimum Gasteiger partial charge on any atom is -0.756 e. The van der Waals surface area contributed by atoms with Crippen LogP contribution in [-0.2, 0) is 27.9 Å². The zero-order valence-electron chi connectivity index (χ0n) is 53.1. The molecule has 0 aromatic carbocycles. The van der Waals surface area contributed by atoms with Crippen LogP contribution in [0, 0.1) is 0 Å². The molecule has 0 aromatic heterocycles. The topological polar surface area (TPSA) is 114 Å². The number of allylic oxidation sites excluding steroid dienone is 7. The smallest absolute Gasteiger partial charge is 0.306 e. The van der Waals surface area contributed by atoms with E-state index in [2.05, 4.69) is 62.5 Å². The Hall–Kier alpha value is -2.03. The molecular weight excluding hydrogens is 1000 g/mol. The van der Waals surface area contributed by atoms with Crippen molar-refractivity contribution < 1.29 is 37.3 Å². The summed E-state index contributed by atoms with van der Waals surface area (Å²) < 4.78 is 30.4. The second-order valence-electron chi connectivity index (χ2n) is 24.3. The molecule has 0 saturated heterocycles. The molecule has 10 heteroatoms. The lowest BCUT2D eigenvalue weighted by atomic mass is 10.0. The quantitative estimate of drug-likeness (QED) is 0.0212. The Labute approximate surface area is 490 Å². The molecule has 464 valence electrons. The first-order valence-corrected chi connectivity index (χ1v) is 35.4. The van der Waals surface area contributed by atoms with Crippen LogP contribution in [0.25, 0.3) is 0 Å². The summed E-state index contributed by atoms with van der Waals surface area (Å²) in [5.41, 5.74) is 0. The molecule has 0 saturated carbocycles. The molecule has 9 nitrogen and oxygen atoms in total. The van der Waals surface area contributed by atoms with Gasteiger partial charge in [0.1, 0.15) is 19.3 Å². The minimum atomic E-state index is -4.70. The first kappa shape index (κ1) is 77.0. The fourth-order valence-corrected chi connectivity index (χ4v) is 10.7. The Bertz CT molecular complexity index is 1490. The molecule has 0 aliphatic carbocycles. The molecule has 0 aliphatic heterocycles. The third-order valence-corrected chi connectivity index (χ3v) is 16.2. The summed E-state index contributed by atoms with van der Waals surface area (Å²) in [6.07, 6.45) is 73.6. The van der Waals surface area contributed by atoms with E-state index in [0.717, 1.165) is 77.0 Å². The van der Waals surface area contributed by atoms with E-state index in [4.69, 9.17) is 13.8 Å². The summed E-state index contributed by atoms with van der Waals surface area (Å²) in [5.74, 6) is -0.537. The van der Waals surface area contributed by atoms with Crippen molar-refractivity contribution in [3.63, 3.8) is 0 Å². The Morgan fingerprint density at radius 1 is 0.443 bits per heavy atom. The minimum absolute atomic E-state index is 0.0231. The van der Waals surface area contributed by atoms with Crippen molar-refractivity contribution in [3.05, 3.63) is 48.6 Å². The Kier molecular flexibility index (Phi) is 57.6. The van der Waals surface area contributed by atoms with Gasteiger partial charge in [0.25, 0.3) is 7.82 Å².